The molecular formula is C14H17N3O4. The second-order valence-electron chi connectivity index (χ2n) is 4.42. The molecule has 1 amide bonds. The van der Waals surface area contributed by atoms with E-state index in [0.29, 0.717) is 11.7 Å². The van der Waals surface area contributed by atoms with Crippen LogP contribution in [0.15, 0.2) is 28.8 Å². The fourth-order valence-corrected chi connectivity index (χ4v) is 1.70. The molecule has 1 heterocycles. The molecule has 0 saturated heterocycles. The number of methoxy groups -OCH3 is 2. The fraction of sp³-hybridized carbons (Fsp3) is 0.357. The van der Waals surface area contributed by atoms with Crippen LogP contribution in [0.4, 0.5) is 0 Å². The highest BCUT2D eigenvalue weighted by atomic mass is 16.5. The number of benzene rings is 1. The maximum absolute atomic E-state index is 11.6. The van der Waals surface area contributed by atoms with E-state index in [4.69, 9.17) is 14.0 Å². The van der Waals surface area contributed by atoms with E-state index in [9.17, 15) is 4.79 Å². The van der Waals surface area contributed by atoms with Crippen LogP contribution in [-0.4, -0.2) is 48.8 Å². The first-order valence-corrected chi connectivity index (χ1v) is 6.34. The first kappa shape index (κ1) is 15.0. The number of hydrogen-bond acceptors (Lipinski definition) is 6. The number of carbonyl (C=O) groups is 1. The minimum Gasteiger partial charge on any atom is -0.497 e. The SMILES string of the molecule is COCC(=O)N(C)Cc1nc(-c2ccc(OC)cc2)no1. The molecule has 0 unspecified atom stereocenters. The van der Waals surface area contributed by atoms with Crippen LogP contribution in [0.25, 0.3) is 11.4 Å². The summed E-state index contributed by atoms with van der Waals surface area (Å²) in [6, 6.07) is 7.32. The van der Waals surface area contributed by atoms with Crippen molar-refractivity contribution < 1.29 is 18.8 Å². The number of rotatable bonds is 6. The van der Waals surface area contributed by atoms with Crippen molar-refractivity contribution in [3.8, 4) is 17.1 Å². The van der Waals surface area contributed by atoms with Crippen LogP contribution >= 0.6 is 0 Å². The van der Waals surface area contributed by atoms with Gasteiger partial charge in [-0.25, -0.2) is 0 Å². The van der Waals surface area contributed by atoms with Crippen molar-refractivity contribution in [3.63, 3.8) is 0 Å². The lowest BCUT2D eigenvalue weighted by Crippen LogP contribution is -2.29. The Labute approximate surface area is 122 Å². The van der Waals surface area contributed by atoms with Gasteiger partial charge >= 0.3 is 0 Å². The molecule has 0 saturated carbocycles. The monoisotopic (exact) mass is 291 g/mol. The zero-order chi connectivity index (χ0) is 15.2. The van der Waals surface area contributed by atoms with Crippen molar-refractivity contribution >= 4 is 5.91 Å². The molecule has 0 aliphatic rings. The van der Waals surface area contributed by atoms with Gasteiger partial charge in [-0.15, -0.1) is 0 Å². The molecule has 1 aromatic carbocycles. The largest absolute Gasteiger partial charge is 0.497 e. The van der Waals surface area contributed by atoms with Crippen molar-refractivity contribution in [1.82, 2.24) is 15.0 Å². The van der Waals surface area contributed by atoms with Crippen LogP contribution in [0.2, 0.25) is 0 Å². The van der Waals surface area contributed by atoms with Crippen LogP contribution < -0.4 is 4.74 Å². The van der Waals surface area contributed by atoms with Gasteiger partial charge in [0.15, 0.2) is 0 Å². The van der Waals surface area contributed by atoms with Crippen molar-refractivity contribution in [2.75, 3.05) is 27.9 Å². The Morgan fingerprint density at radius 3 is 2.62 bits per heavy atom. The van der Waals surface area contributed by atoms with E-state index in [1.165, 1.54) is 12.0 Å². The molecule has 0 fully saturated rings. The molecule has 112 valence electrons. The predicted molar refractivity (Wildman–Crippen MR) is 74.6 cm³/mol. The first-order chi connectivity index (χ1) is 10.1. The van der Waals surface area contributed by atoms with Crippen molar-refractivity contribution in [2.45, 2.75) is 6.54 Å². The minimum absolute atomic E-state index is 0.0238. The number of nitrogens with zero attached hydrogens (tertiary/aromatic N) is 3. The van der Waals surface area contributed by atoms with E-state index in [1.54, 1.807) is 14.2 Å². The number of amides is 1. The molecule has 0 aliphatic heterocycles. The zero-order valence-electron chi connectivity index (χ0n) is 12.2. The first-order valence-electron chi connectivity index (χ1n) is 6.34. The smallest absolute Gasteiger partial charge is 0.248 e. The maximum atomic E-state index is 11.6. The summed E-state index contributed by atoms with van der Waals surface area (Å²) in [6.07, 6.45) is 0. The van der Waals surface area contributed by atoms with Gasteiger partial charge in [0.25, 0.3) is 0 Å². The Morgan fingerprint density at radius 2 is 2.00 bits per heavy atom. The van der Waals surface area contributed by atoms with Crippen molar-refractivity contribution in [3.05, 3.63) is 30.2 Å². The summed E-state index contributed by atoms with van der Waals surface area (Å²) in [5, 5.41) is 3.90. The molecule has 0 spiro atoms. The molecule has 2 aromatic rings. The second-order valence-corrected chi connectivity index (χ2v) is 4.42. The number of hydrogen-bond donors (Lipinski definition) is 0. The summed E-state index contributed by atoms with van der Waals surface area (Å²) in [6.45, 7) is 0.265. The molecule has 0 aliphatic carbocycles. The highest BCUT2D eigenvalue weighted by Gasteiger charge is 2.14. The summed E-state index contributed by atoms with van der Waals surface area (Å²) in [5.74, 6) is 1.45. The highest BCUT2D eigenvalue weighted by molar-refractivity contribution is 5.77. The highest BCUT2D eigenvalue weighted by Crippen LogP contribution is 2.19. The Hall–Kier alpha value is -2.41. The van der Waals surface area contributed by atoms with E-state index >= 15 is 0 Å². The third kappa shape index (κ3) is 3.79. The molecule has 0 N–H and O–H groups in total. The van der Waals surface area contributed by atoms with Crippen molar-refractivity contribution in [1.29, 1.82) is 0 Å². The molecule has 7 heteroatoms. The Bertz CT molecular complexity index is 595. The zero-order valence-corrected chi connectivity index (χ0v) is 12.2. The number of carbonyl (C=O) groups excluding carboxylic acids is 1. The fourth-order valence-electron chi connectivity index (χ4n) is 1.70. The Kier molecular flexibility index (Phi) is 4.89. The number of likely N-dealkylation sites (N-methyl/N-ethyl adjacent to an activating group) is 1. The molecule has 1 aromatic heterocycles. The predicted octanol–water partition coefficient (Wildman–Crippen LogP) is 1.35. The van der Waals surface area contributed by atoms with Crippen LogP contribution in [0.1, 0.15) is 5.89 Å². The lowest BCUT2D eigenvalue weighted by molar-refractivity contribution is -0.134. The van der Waals surface area contributed by atoms with Gasteiger partial charge in [-0.3, -0.25) is 4.79 Å². The third-order valence-corrected chi connectivity index (χ3v) is 2.88. The molecule has 7 nitrogen and oxygen atoms in total. The van der Waals surface area contributed by atoms with E-state index in [0.717, 1.165) is 11.3 Å². The normalized spacial score (nSPS) is 10.4. The topological polar surface area (TPSA) is 77.7 Å². The Morgan fingerprint density at radius 1 is 1.29 bits per heavy atom. The maximum Gasteiger partial charge on any atom is 0.248 e. The van der Waals surface area contributed by atoms with E-state index in [-0.39, 0.29) is 19.1 Å². The number of ether oxygens (including phenoxy) is 2. The molecule has 2 rings (SSSR count). The van der Waals surface area contributed by atoms with Crippen LogP contribution in [0.3, 0.4) is 0 Å². The summed E-state index contributed by atoms with van der Waals surface area (Å²) in [4.78, 5) is 17.3. The summed E-state index contributed by atoms with van der Waals surface area (Å²) >= 11 is 0. The molecule has 21 heavy (non-hydrogen) atoms. The van der Waals surface area contributed by atoms with Gasteiger partial charge in [0.1, 0.15) is 12.4 Å². The van der Waals surface area contributed by atoms with E-state index in [1.807, 2.05) is 24.3 Å². The van der Waals surface area contributed by atoms with Gasteiger partial charge in [0.2, 0.25) is 17.6 Å². The van der Waals surface area contributed by atoms with Gasteiger partial charge < -0.3 is 18.9 Å². The van der Waals surface area contributed by atoms with Gasteiger partial charge in [-0.2, -0.15) is 4.98 Å². The average molecular weight is 291 g/mol. The van der Waals surface area contributed by atoms with Crippen LogP contribution in [-0.2, 0) is 16.1 Å². The summed E-state index contributed by atoms with van der Waals surface area (Å²) < 4.78 is 15.0. The molecular weight excluding hydrogens is 274 g/mol. The van der Waals surface area contributed by atoms with Crippen LogP contribution in [0, 0.1) is 0 Å². The lowest BCUT2D eigenvalue weighted by atomic mass is 10.2. The number of aromatic nitrogens is 2. The second kappa shape index (κ2) is 6.85. The van der Waals surface area contributed by atoms with Crippen LogP contribution in [0.5, 0.6) is 5.75 Å². The standard InChI is InChI=1S/C14H17N3O4/c1-17(13(18)9-19-2)8-12-15-14(16-21-12)10-4-6-11(20-3)7-5-10/h4-7H,8-9H2,1-3H3. The molecule has 0 atom stereocenters. The minimum atomic E-state index is -0.151. The van der Waals surface area contributed by atoms with Crippen molar-refractivity contribution in [2.24, 2.45) is 0 Å². The lowest BCUT2D eigenvalue weighted by Gasteiger charge is -2.13. The average Bonchev–Trinajstić information content (AvgIpc) is 2.96. The molecule has 0 bridgehead atoms. The van der Waals surface area contributed by atoms with Gasteiger partial charge in [0, 0.05) is 19.7 Å². The third-order valence-electron chi connectivity index (χ3n) is 2.88. The molecule has 0 radical (unpaired) electrons. The van der Waals surface area contributed by atoms with Gasteiger partial charge in [-0.1, -0.05) is 5.16 Å². The van der Waals surface area contributed by atoms with Gasteiger partial charge in [0.05, 0.1) is 13.7 Å². The van der Waals surface area contributed by atoms with Gasteiger partial charge in [-0.05, 0) is 24.3 Å². The van der Waals surface area contributed by atoms with E-state index < -0.39 is 0 Å². The summed E-state index contributed by atoms with van der Waals surface area (Å²) in [7, 11) is 4.73. The summed E-state index contributed by atoms with van der Waals surface area (Å²) in [5.41, 5.74) is 0.816. The Balaban J connectivity index is 2.05. The van der Waals surface area contributed by atoms with E-state index in [2.05, 4.69) is 10.1 Å². The quantitative estimate of drug-likeness (QED) is 0.799.